The average Bonchev–Trinajstić information content (AvgIpc) is 2.54. The van der Waals surface area contributed by atoms with Crippen molar-refractivity contribution in [2.24, 2.45) is 0 Å². The maximum absolute atomic E-state index is 12.8. The van der Waals surface area contributed by atoms with Gasteiger partial charge in [0.05, 0.1) is 17.4 Å². The van der Waals surface area contributed by atoms with E-state index in [0.29, 0.717) is 11.3 Å². The van der Waals surface area contributed by atoms with E-state index < -0.39 is 6.35 Å². The molecule has 6 heteroatoms. The van der Waals surface area contributed by atoms with Gasteiger partial charge >= 0.3 is 0 Å². The van der Waals surface area contributed by atoms with Crippen molar-refractivity contribution >= 4 is 17.5 Å². The number of nitrogens with zero attached hydrogens (tertiary/aromatic N) is 3. The van der Waals surface area contributed by atoms with Crippen LogP contribution >= 0.6 is 0 Å². The zero-order valence-electron chi connectivity index (χ0n) is 13.3. The van der Waals surface area contributed by atoms with E-state index in [1.807, 2.05) is 24.9 Å². The molecule has 1 fully saturated rings. The van der Waals surface area contributed by atoms with Gasteiger partial charge in [0, 0.05) is 20.0 Å². The summed E-state index contributed by atoms with van der Waals surface area (Å²) in [5, 5.41) is 3.42. The summed E-state index contributed by atoms with van der Waals surface area (Å²) < 4.78 is 6.03. The molecule has 2 aliphatic rings. The molecule has 1 aromatic rings. The molecule has 0 unspecified atom stereocenters. The van der Waals surface area contributed by atoms with E-state index in [0.717, 1.165) is 6.42 Å². The molecule has 0 aliphatic carbocycles. The summed E-state index contributed by atoms with van der Waals surface area (Å²) in [7, 11) is 1.73. The number of hydrogen-bond donors (Lipinski definition) is 0. The van der Waals surface area contributed by atoms with Gasteiger partial charge in [-0.1, -0.05) is 12.1 Å². The monoisotopic (exact) mass is 303 g/mol. The molecule has 1 aromatic carbocycles. The van der Waals surface area contributed by atoms with Gasteiger partial charge in [-0.2, -0.15) is 5.01 Å². The van der Waals surface area contributed by atoms with Crippen LogP contribution in [-0.4, -0.2) is 47.4 Å². The molecule has 0 radical (unpaired) electrons. The number of amides is 2. The Kier molecular flexibility index (Phi) is 3.66. The average molecular weight is 303 g/mol. The molecule has 22 heavy (non-hydrogen) atoms. The highest BCUT2D eigenvalue weighted by Crippen LogP contribution is 2.35. The minimum atomic E-state index is -0.603. The number of fused-ring (bicyclic) bond motifs is 2. The summed E-state index contributed by atoms with van der Waals surface area (Å²) in [6, 6.07) is 7.27. The number of ether oxygens (including phenoxy) is 1. The first-order valence-corrected chi connectivity index (χ1v) is 7.52. The smallest absolute Gasteiger partial charge is 0.270 e. The Morgan fingerprint density at radius 3 is 2.64 bits per heavy atom. The Labute approximate surface area is 130 Å². The normalized spacial score (nSPS) is 28.9. The number of hydrogen-bond acceptors (Lipinski definition) is 4. The molecule has 0 saturated carbocycles. The van der Waals surface area contributed by atoms with Crippen molar-refractivity contribution in [2.45, 2.75) is 45.7 Å². The van der Waals surface area contributed by atoms with Crippen molar-refractivity contribution in [3.05, 3.63) is 29.8 Å². The number of anilines is 1. The van der Waals surface area contributed by atoms with Crippen molar-refractivity contribution in [1.29, 1.82) is 0 Å². The standard InChI is InChI=1S/C16H21N3O3/c1-10-9-11(2)22-16-18(12(3)20)14-8-6-5-7-13(14)15(21)17(4)19(10)16/h5-8,10-11,16H,9H2,1-4H3/t10-,11+,16-/m1/s1. The van der Waals surface area contributed by atoms with E-state index in [2.05, 4.69) is 0 Å². The molecule has 0 N–H and O–H groups in total. The fourth-order valence-corrected chi connectivity index (χ4v) is 3.34. The van der Waals surface area contributed by atoms with E-state index in [1.165, 1.54) is 6.92 Å². The molecule has 0 bridgehead atoms. The van der Waals surface area contributed by atoms with Crippen molar-refractivity contribution in [3.8, 4) is 0 Å². The maximum Gasteiger partial charge on any atom is 0.270 e. The Morgan fingerprint density at radius 2 is 1.95 bits per heavy atom. The van der Waals surface area contributed by atoms with Gasteiger partial charge in [-0.3, -0.25) is 19.5 Å². The van der Waals surface area contributed by atoms with Crippen LogP contribution in [0.25, 0.3) is 0 Å². The maximum atomic E-state index is 12.8. The van der Waals surface area contributed by atoms with Crippen LogP contribution in [0.15, 0.2) is 24.3 Å². The Balaban J connectivity index is 2.19. The largest absolute Gasteiger partial charge is 0.340 e. The van der Waals surface area contributed by atoms with E-state index in [4.69, 9.17) is 4.74 Å². The number of hydrazine groups is 1. The topological polar surface area (TPSA) is 53.1 Å². The van der Waals surface area contributed by atoms with E-state index in [1.54, 1.807) is 35.2 Å². The fourth-order valence-electron chi connectivity index (χ4n) is 3.34. The van der Waals surface area contributed by atoms with Crippen molar-refractivity contribution < 1.29 is 14.3 Å². The van der Waals surface area contributed by atoms with Gasteiger partial charge in [-0.05, 0) is 32.4 Å². The van der Waals surface area contributed by atoms with Crippen molar-refractivity contribution in [2.75, 3.05) is 11.9 Å². The number of rotatable bonds is 0. The van der Waals surface area contributed by atoms with E-state index in [-0.39, 0.29) is 24.0 Å². The summed E-state index contributed by atoms with van der Waals surface area (Å²) in [5.74, 6) is -0.277. The molecular weight excluding hydrogens is 282 g/mol. The number of carbonyl (C=O) groups excluding carboxylic acids is 2. The summed E-state index contributed by atoms with van der Waals surface area (Å²) in [4.78, 5) is 26.6. The second-order valence-corrected chi connectivity index (χ2v) is 5.97. The molecular formula is C16H21N3O3. The molecule has 2 amide bonds. The van der Waals surface area contributed by atoms with Crippen LogP contribution in [0.2, 0.25) is 0 Å². The van der Waals surface area contributed by atoms with Gasteiger partial charge in [0.1, 0.15) is 0 Å². The number of para-hydroxylation sites is 1. The Bertz CT molecular complexity index is 618. The second-order valence-electron chi connectivity index (χ2n) is 5.97. The quantitative estimate of drug-likeness (QED) is 0.733. The predicted octanol–water partition coefficient (Wildman–Crippen LogP) is 1.82. The Morgan fingerprint density at radius 1 is 1.27 bits per heavy atom. The van der Waals surface area contributed by atoms with Crippen LogP contribution in [0, 0.1) is 0 Å². The summed E-state index contributed by atoms with van der Waals surface area (Å²) in [6.07, 6.45) is 0.219. The molecule has 3 rings (SSSR count). The lowest BCUT2D eigenvalue weighted by molar-refractivity contribution is -0.213. The zero-order valence-corrected chi connectivity index (χ0v) is 13.3. The molecule has 2 aliphatic heterocycles. The van der Waals surface area contributed by atoms with E-state index in [9.17, 15) is 9.59 Å². The first kappa shape index (κ1) is 15.0. The minimum Gasteiger partial charge on any atom is -0.340 e. The van der Waals surface area contributed by atoms with Gasteiger partial charge in [-0.15, -0.1) is 0 Å². The lowest BCUT2D eigenvalue weighted by Gasteiger charge is -2.48. The predicted molar refractivity (Wildman–Crippen MR) is 81.9 cm³/mol. The third-order valence-electron chi connectivity index (χ3n) is 4.30. The van der Waals surface area contributed by atoms with Gasteiger partial charge in [0.15, 0.2) is 0 Å². The third-order valence-corrected chi connectivity index (χ3v) is 4.30. The molecule has 0 aromatic heterocycles. The summed E-state index contributed by atoms with van der Waals surface area (Å²) in [5.41, 5.74) is 1.11. The zero-order chi connectivity index (χ0) is 16.0. The third kappa shape index (κ3) is 2.19. The number of benzene rings is 1. The first-order valence-electron chi connectivity index (χ1n) is 7.52. The fraction of sp³-hybridized carbons (Fsp3) is 0.500. The van der Waals surface area contributed by atoms with Crippen LogP contribution in [0.1, 0.15) is 37.6 Å². The molecule has 1 saturated heterocycles. The Hall–Kier alpha value is -1.92. The van der Waals surface area contributed by atoms with Crippen LogP contribution in [0.5, 0.6) is 0 Å². The summed E-state index contributed by atoms with van der Waals surface area (Å²) in [6.45, 7) is 5.53. The summed E-state index contributed by atoms with van der Waals surface area (Å²) >= 11 is 0. The number of carbonyl (C=O) groups is 2. The van der Waals surface area contributed by atoms with E-state index >= 15 is 0 Å². The highest BCUT2D eigenvalue weighted by molar-refractivity contribution is 6.05. The lowest BCUT2D eigenvalue weighted by atomic mass is 10.1. The molecule has 2 heterocycles. The van der Waals surface area contributed by atoms with Gasteiger partial charge in [0.25, 0.3) is 5.91 Å². The van der Waals surface area contributed by atoms with Crippen molar-refractivity contribution in [3.63, 3.8) is 0 Å². The van der Waals surface area contributed by atoms with Gasteiger partial charge < -0.3 is 4.74 Å². The SMILES string of the molecule is CC(=O)N1c2ccccc2C(=O)N(C)N2[C@H](C)C[C@H](C)O[C@H]12. The van der Waals surface area contributed by atoms with Gasteiger partial charge in [0.2, 0.25) is 12.3 Å². The van der Waals surface area contributed by atoms with Crippen LogP contribution in [0.3, 0.4) is 0 Å². The van der Waals surface area contributed by atoms with Crippen LogP contribution in [-0.2, 0) is 9.53 Å². The van der Waals surface area contributed by atoms with Gasteiger partial charge in [-0.25, -0.2) is 0 Å². The van der Waals surface area contributed by atoms with Crippen molar-refractivity contribution in [1.82, 2.24) is 10.0 Å². The van der Waals surface area contributed by atoms with Crippen LogP contribution < -0.4 is 4.90 Å². The molecule has 3 atom stereocenters. The molecule has 6 nitrogen and oxygen atoms in total. The minimum absolute atomic E-state index is 0.0202. The first-order chi connectivity index (χ1) is 10.4. The molecule has 118 valence electrons. The lowest BCUT2D eigenvalue weighted by Crippen LogP contribution is -2.63. The molecule has 0 spiro atoms. The highest BCUT2D eigenvalue weighted by atomic mass is 16.5. The second kappa shape index (κ2) is 5.37. The van der Waals surface area contributed by atoms with Crippen LogP contribution in [0.4, 0.5) is 5.69 Å². The highest BCUT2D eigenvalue weighted by Gasteiger charge is 2.45.